The molecule has 1 aromatic carbocycles. The SMILES string of the molecule is CCCCCN1CC=C[C@]23O[C@@]4(C)C=CCN(Cc5ccccc5)C(=O)[C@H]4[C@H]2C(=O)N([C@@H](CC)CO)C3C1=O. The van der Waals surface area contributed by atoms with E-state index in [1.165, 1.54) is 0 Å². The summed E-state index contributed by atoms with van der Waals surface area (Å²) in [4.78, 5) is 48.0. The molecule has 4 aliphatic heterocycles. The van der Waals surface area contributed by atoms with Gasteiger partial charge in [-0.25, -0.2) is 0 Å². The molecule has 6 atom stereocenters. The second kappa shape index (κ2) is 10.9. The number of aliphatic hydroxyl groups is 1. The van der Waals surface area contributed by atoms with Crippen LogP contribution in [0.3, 0.4) is 0 Å². The number of carbonyl (C=O) groups is 3. The van der Waals surface area contributed by atoms with Gasteiger partial charge in [0.25, 0.3) is 0 Å². The number of ether oxygens (including phenoxy) is 1. The molecule has 5 rings (SSSR count). The average molecular weight is 536 g/mol. The lowest BCUT2D eigenvalue weighted by Gasteiger charge is -2.40. The van der Waals surface area contributed by atoms with Gasteiger partial charge in [-0.05, 0) is 25.3 Å². The molecule has 1 N–H and O–H groups in total. The Morgan fingerprint density at radius 2 is 1.67 bits per heavy atom. The fourth-order valence-corrected chi connectivity index (χ4v) is 7.06. The lowest BCUT2D eigenvalue weighted by Crippen LogP contribution is -2.58. The second-order valence-corrected chi connectivity index (χ2v) is 11.5. The van der Waals surface area contributed by atoms with Crippen LogP contribution in [0.5, 0.6) is 0 Å². The molecule has 2 saturated heterocycles. The molecule has 210 valence electrons. The van der Waals surface area contributed by atoms with E-state index in [1.807, 2.05) is 68.5 Å². The van der Waals surface area contributed by atoms with Gasteiger partial charge in [-0.15, -0.1) is 0 Å². The minimum absolute atomic E-state index is 0.149. The van der Waals surface area contributed by atoms with Gasteiger partial charge >= 0.3 is 0 Å². The summed E-state index contributed by atoms with van der Waals surface area (Å²) >= 11 is 0. The van der Waals surface area contributed by atoms with Crippen molar-refractivity contribution >= 4 is 17.7 Å². The van der Waals surface area contributed by atoms with Crippen molar-refractivity contribution in [2.24, 2.45) is 11.8 Å². The summed E-state index contributed by atoms with van der Waals surface area (Å²) in [6.07, 6.45) is 11.1. The van der Waals surface area contributed by atoms with Crippen molar-refractivity contribution in [3.8, 4) is 0 Å². The smallest absolute Gasteiger partial charge is 0.249 e. The standard InChI is InChI=1S/C31H41N3O5/c1-4-6-10-17-32-18-12-16-31-25(28(37)34(23(5-2)21-35)26(31)29(32)38)24-27(36)33(19-11-15-30(24,3)39-31)20-22-13-8-7-9-14-22/h7-9,11-16,23-26,35H,4-6,10,17-21H2,1-3H3/t23-,24+,25-,26?,30-,31-/m0/s1. The van der Waals surface area contributed by atoms with Gasteiger partial charge in [0.05, 0.1) is 30.1 Å². The highest BCUT2D eigenvalue weighted by Crippen LogP contribution is 2.58. The molecule has 1 spiro atoms. The number of rotatable bonds is 9. The Morgan fingerprint density at radius 1 is 0.949 bits per heavy atom. The van der Waals surface area contributed by atoms with E-state index in [4.69, 9.17) is 4.74 Å². The molecule has 0 bridgehead atoms. The van der Waals surface area contributed by atoms with Crippen LogP contribution in [0.2, 0.25) is 0 Å². The average Bonchev–Trinajstić information content (AvgIpc) is 3.21. The first-order valence-electron chi connectivity index (χ1n) is 14.4. The van der Waals surface area contributed by atoms with E-state index in [2.05, 4.69) is 6.92 Å². The number of amides is 3. The van der Waals surface area contributed by atoms with Gasteiger partial charge in [0.2, 0.25) is 17.7 Å². The fraction of sp³-hybridized carbons (Fsp3) is 0.581. The molecule has 0 radical (unpaired) electrons. The van der Waals surface area contributed by atoms with Crippen molar-refractivity contribution in [2.45, 2.75) is 76.3 Å². The molecule has 1 aromatic rings. The number of aliphatic hydroxyl groups excluding tert-OH is 1. The number of hydrogen-bond donors (Lipinski definition) is 1. The first-order chi connectivity index (χ1) is 18.8. The fourth-order valence-electron chi connectivity index (χ4n) is 7.06. The molecule has 4 aliphatic rings. The third kappa shape index (κ3) is 4.51. The zero-order chi connectivity index (χ0) is 27.8. The molecular weight excluding hydrogens is 494 g/mol. The highest BCUT2D eigenvalue weighted by atomic mass is 16.5. The molecule has 4 heterocycles. The van der Waals surface area contributed by atoms with Gasteiger partial charge in [-0.2, -0.15) is 0 Å². The summed E-state index contributed by atoms with van der Waals surface area (Å²) in [5, 5.41) is 10.3. The third-order valence-corrected chi connectivity index (χ3v) is 8.98. The van der Waals surface area contributed by atoms with Crippen LogP contribution in [0.1, 0.15) is 52.0 Å². The van der Waals surface area contributed by atoms with Crippen molar-refractivity contribution in [1.29, 1.82) is 0 Å². The lowest BCUT2D eigenvalue weighted by molar-refractivity contribution is -0.156. The lowest BCUT2D eigenvalue weighted by atomic mass is 9.74. The topological polar surface area (TPSA) is 90.4 Å². The number of unbranched alkanes of at least 4 members (excludes halogenated alkanes) is 2. The van der Waals surface area contributed by atoms with E-state index < -0.39 is 35.1 Å². The summed E-state index contributed by atoms with van der Waals surface area (Å²) in [6.45, 7) is 7.49. The Hall–Kier alpha value is -2.97. The van der Waals surface area contributed by atoms with Gasteiger partial charge in [-0.3, -0.25) is 14.4 Å². The molecule has 0 aliphatic carbocycles. The third-order valence-electron chi connectivity index (χ3n) is 8.98. The Labute approximate surface area is 231 Å². The maximum absolute atomic E-state index is 14.4. The normalized spacial score (nSPS) is 32.7. The van der Waals surface area contributed by atoms with Crippen molar-refractivity contribution in [3.63, 3.8) is 0 Å². The number of benzene rings is 1. The van der Waals surface area contributed by atoms with Crippen molar-refractivity contribution in [3.05, 3.63) is 60.2 Å². The number of carbonyl (C=O) groups excluding carboxylic acids is 3. The Bertz CT molecular complexity index is 1150. The van der Waals surface area contributed by atoms with Gasteiger partial charge in [-0.1, -0.05) is 81.3 Å². The van der Waals surface area contributed by atoms with Crippen LogP contribution in [0.25, 0.3) is 0 Å². The van der Waals surface area contributed by atoms with Gasteiger partial charge in [0, 0.05) is 26.2 Å². The van der Waals surface area contributed by atoms with E-state index in [0.717, 1.165) is 24.8 Å². The maximum atomic E-state index is 14.4. The summed E-state index contributed by atoms with van der Waals surface area (Å²) in [6, 6.07) is 8.34. The minimum Gasteiger partial charge on any atom is -0.394 e. The van der Waals surface area contributed by atoms with Crippen LogP contribution in [-0.4, -0.2) is 87.1 Å². The second-order valence-electron chi connectivity index (χ2n) is 11.5. The van der Waals surface area contributed by atoms with E-state index in [0.29, 0.717) is 32.6 Å². The predicted molar refractivity (Wildman–Crippen MR) is 147 cm³/mol. The molecule has 39 heavy (non-hydrogen) atoms. The highest BCUT2D eigenvalue weighted by Gasteiger charge is 2.75. The highest BCUT2D eigenvalue weighted by molar-refractivity contribution is 6.00. The minimum atomic E-state index is -1.29. The summed E-state index contributed by atoms with van der Waals surface area (Å²) in [7, 11) is 0. The van der Waals surface area contributed by atoms with Crippen LogP contribution in [-0.2, 0) is 25.7 Å². The first-order valence-corrected chi connectivity index (χ1v) is 14.4. The number of likely N-dealkylation sites (tertiary alicyclic amines) is 1. The van der Waals surface area contributed by atoms with E-state index in [-0.39, 0.29) is 24.3 Å². The molecule has 2 fully saturated rings. The Morgan fingerprint density at radius 3 is 2.36 bits per heavy atom. The molecule has 1 unspecified atom stereocenters. The number of fused-ring (bicyclic) bond motifs is 2. The van der Waals surface area contributed by atoms with Gasteiger partial charge in [0.1, 0.15) is 11.6 Å². The van der Waals surface area contributed by atoms with Crippen LogP contribution in [0.15, 0.2) is 54.6 Å². The van der Waals surface area contributed by atoms with Gasteiger partial charge < -0.3 is 24.5 Å². The van der Waals surface area contributed by atoms with Crippen molar-refractivity contribution in [1.82, 2.24) is 14.7 Å². The molecule has 0 saturated carbocycles. The quantitative estimate of drug-likeness (QED) is 0.388. The largest absolute Gasteiger partial charge is 0.394 e. The number of hydrogen-bond acceptors (Lipinski definition) is 5. The maximum Gasteiger partial charge on any atom is 0.249 e. The van der Waals surface area contributed by atoms with Gasteiger partial charge in [0.15, 0.2) is 0 Å². The number of nitrogens with zero attached hydrogens (tertiary/aromatic N) is 3. The van der Waals surface area contributed by atoms with Crippen LogP contribution in [0.4, 0.5) is 0 Å². The molecule has 3 amide bonds. The predicted octanol–water partition coefficient (Wildman–Crippen LogP) is 2.92. The van der Waals surface area contributed by atoms with Crippen LogP contribution in [0, 0.1) is 11.8 Å². The van der Waals surface area contributed by atoms with Crippen LogP contribution < -0.4 is 0 Å². The molecule has 0 aromatic heterocycles. The first kappa shape index (κ1) is 27.6. The summed E-state index contributed by atoms with van der Waals surface area (Å²) < 4.78 is 6.87. The van der Waals surface area contributed by atoms with E-state index >= 15 is 0 Å². The zero-order valence-corrected chi connectivity index (χ0v) is 23.3. The van der Waals surface area contributed by atoms with Crippen LogP contribution >= 0.6 is 0 Å². The Kier molecular flexibility index (Phi) is 7.71. The molecule has 8 heteroatoms. The summed E-state index contributed by atoms with van der Waals surface area (Å²) in [5.74, 6) is -2.26. The zero-order valence-electron chi connectivity index (χ0n) is 23.3. The van der Waals surface area contributed by atoms with Crippen molar-refractivity contribution in [2.75, 3.05) is 26.2 Å². The monoisotopic (exact) mass is 535 g/mol. The molecular formula is C31H41N3O5. The van der Waals surface area contributed by atoms with Crippen molar-refractivity contribution < 1.29 is 24.2 Å². The Balaban J connectivity index is 1.57. The van der Waals surface area contributed by atoms with E-state index in [9.17, 15) is 19.5 Å². The van der Waals surface area contributed by atoms with E-state index in [1.54, 1.807) is 14.7 Å². The summed E-state index contributed by atoms with van der Waals surface area (Å²) in [5.41, 5.74) is -1.33. The molecule has 8 nitrogen and oxygen atoms in total.